The van der Waals surface area contributed by atoms with Gasteiger partial charge in [-0.1, -0.05) is 141 Å². The van der Waals surface area contributed by atoms with Crippen LogP contribution in [0.25, 0.3) is 0 Å². The van der Waals surface area contributed by atoms with Gasteiger partial charge >= 0.3 is 11.9 Å². The van der Waals surface area contributed by atoms with Crippen LogP contribution in [0.1, 0.15) is 152 Å². The molecule has 42 heavy (non-hydrogen) atoms. The topological polar surface area (TPSA) is 99.3 Å². The second kappa shape index (κ2) is 21.6. The van der Waals surface area contributed by atoms with Gasteiger partial charge in [0.1, 0.15) is 0 Å². The van der Waals surface area contributed by atoms with Crippen LogP contribution >= 0.6 is 0 Å². The van der Waals surface area contributed by atoms with Gasteiger partial charge in [-0.25, -0.2) is 0 Å². The summed E-state index contributed by atoms with van der Waals surface area (Å²) in [5.74, 6) is -2.57. The molecule has 2 N–H and O–H groups in total. The lowest BCUT2D eigenvalue weighted by molar-refractivity contribution is -0.140. The largest absolute Gasteiger partial charge is 0.481 e. The van der Waals surface area contributed by atoms with E-state index in [2.05, 4.69) is 24.1 Å². The van der Waals surface area contributed by atoms with E-state index in [4.69, 9.17) is 0 Å². The normalized spacial score (nSPS) is 12.9. The highest BCUT2D eigenvalue weighted by molar-refractivity contribution is 5.76. The van der Waals surface area contributed by atoms with Gasteiger partial charge in [0.2, 0.25) is 0 Å². The number of carboxylic acids is 2. The molecule has 6 heteroatoms. The molecule has 0 amide bonds. The molecule has 6 nitrogen and oxygen atoms in total. The molecule has 0 spiro atoms. The van der Waals surface area contributed by atoms with Crippen LogP contribution in [0.15, 0.2) is 58.8 Å². The Labute approximate surface area is 254 Å². The molecule has 0 aliphatic carbocycles. The van der Waals surface area contributed by atoms with E-state index in [1.165, 1.54) is 77.0 Å². The Balaban J connectivity index is 1.83. The number of nitrogens with zero attached hydrogens (tertiary/aromatic N) is 2. The molecule has 0 fully saturated rings. The van der Waals surface area contributed by atoms with Gasteiger partial charge in [0.25, 0.3) is 0 Å². The Hall–Kier alpha value is -3.02. The Morgan fingerprint density at radius 1 is 0.500 bits per heavy atom. The van der Waals surface area contributed by atoms with Crippen molar-refractivity contribution < 1.29 is 19.8 Å². The van der Waals surface area contributed by atoms with Crippen molar-refractivity contribution in [1.29, 1.82) is 0 Å². The molecule has 2 atom stereocenters. The van der Waals surface area contributed by atoms with E-state index >= 15 is 0 Å². The van der Waals surface area contributed by atoms with Gasteiger partial charge in [-0.3, -0.25) is 9.59 Å². The average Bonchev–Trinajstić information content (AvgIpc) is 2.99. The van der Waals surface area contributed by atoms with Crippen molar-refractivity contribution in [1.82, 2.24) is 0 Å². The van der Waals surface area contributed by atoms with Gasteiger partial charge in [0.05, 0.1) is 23.2 Å². The van der Waals surface area contributed by atoms with Crippen molar-refractivity contribution in [3.8, 4) is 0 Å². The summed E-state index contributed by atoms with van der Waals surface area (Å²) in [6.07, 6.45) is 20.4. The van der Waals surface area contributed by atoms with Crippen molar-refractivity contribution in [3.63, 3.8) is 0 Å². The fourth-order valence-electron chi connectivity index (χ4n) is 5.49. The molecule has 0 saturated carbocycles. The third-order valence-electron chi connectivity index (χ3n) is 8.16. The van der Waals surface area contributed by atoms with Crippen molar-refractivity contribution in [3.05, 3.63) is 59.7 Å². The van der Waals surface area contributed by atoms with E-state index < -0.39 is 23.8 Å². The average molecular weight is 579 g/mol. The van der Waals surface area contributed by atoms with Crippen LogP contribution in [-0.2, 0) is 9.59 Å². The fourth-order valence-corrected chi connectivity index (χ4v) is 5.49. The summed E-state index contributed by atoms with van der Waals surface area (Å²) >= 11 is 0. The first-order chi connectivity index (χ1) is 20.5. The maximum atomic E-state index is 11.9. The first-order valence-electron chi connectivity index (χ1n) is 16.5. The number of aliphatic carboxylic acids is 2. The molecule has 2 unspecified atom stereocenters. The van der Waals surface area contributed by atoms with Crippen molar-refractivity contribution in [2.75, 3.05) is 0 Å². The molecule has 2 aromatic rings. The van der Waals surface area contributed by atoms with Crippen LogP contribution in [0, 0.1) is 0 Å². The fraction of sp³-hybridized carbons (Fsp3) is 0.611. The summed E-state index contributed by atoms with van der Waals surface area (Å²) in [5.41, 5.74) is 2.89. The minimum Gasteiger partial charge on any atom is -0.481 e. The monoisotopic (exact) mass is 578 g/mol. The van der Waals surface area contributed by atoms with E-state index in [1.54, 1.807) is 24.3 Å². The second-order valence-electron chi connectivity index (χ2n) is 11.7. The highest BCUT2D eigenvalue weighted by Gasteiger charge is 2.20. The Morgan fingerprint density at radius 3 is 1.07 bits per heavy atom. The third kappa shape index (κ3) is 14.2. The number of rotatable bonds is 24. The summed E-state index contributed by atoms with van der Waals surface area (Å²) in [6.45, 7) is 4.44. The van der Waals surface area contributed by atoms with Crippen LogP contribution < -0.4 is 0 Å². The van der Waals surface area contributed by atoms with E-state index in [1.807, 2.05) is 24.3 Å². The van der Waals surface area contributed by atoms with Crippen LogP contribution in [0.3, 0.4) is 0 Å². The third-order valence-corrected chi connectivity index (χ3v) is 8.16. The van der Waals surface area contributed by atoms with Crippen LogP contribution in [-0.4, -0.2) is 22.2 Å². The van der Waals surface area contributed by atoms with Gasteiger partial charge in [0.15, 0.2) is 0 Å². The maximum absolute atomic E-state index is 11.9. The minimum atomic E-state index is -0.783. The van der Waals surface area contributed by atoms with E-state index in [-0.39, 0.29) is 0 Å². The summed E-state index contributed by atoms with van der Waals surface area (Å²) in [7, 11) is 0. The summed E-state index contributed by atoms with van der Waals surface area (Å²) in [6, 6.07) is 14.6. The lowest BCUT2D eigenvalue weighted by Crippen LogP contribution is -2.11. The highest BCUT2D eigenvalue weighted by atomic mass is 16.4. The lowest BCUT2D eigenvalue weighted by Gasteiger charge is -2.13. The van der Waals surface area contributed by atoms with Gasteiger partial charge in [-0.15, -0.1) is 0 Å². The van der Waals surface area contributed by atoms with Crippen LogP contribution in [0.5, 0.6) is 0 Å². The zero-order chi connectivity index (χ0) is 30.4. The number of benzene rings is 2. The van der Waals surface area contributed by atoms with Gasteiger partial charge in [0, 0.05) is 0 Å². The predicted molar refractivity (Wildman–Crippen MR) is 172 cm³/mol. The quantitative estimate of drug-likeness (QED) is 0.0955. The molecule has 2 rings (SSSR count). The van der Waals surface area contributed by atoms with Gasteiger partial charge in [-0.2, -0.15) is 10.2 Å². The minimum absolute atomic E-state index is 0.503. The zero-order valence-electron chi connectivity index (χ0n) is 26.1. The number of carbonyl (C=O) groups is 2. The molecule has 0 bridgehead atoms. The Bertz CT molecular complexity index is 950. The zero-order valence-corrected chi connectivity index (χ0v) is 26.1. The second-order valence-corrected chi connectivity index (χ2v) is 11.7. The SMILES string of the molecule is CCCCCCCCCCC(C(=O)O)c1ccc(N=Nc2ccc(C(CCCCCCCCCC)C(=O)O)cc2)cc1. The molecule has 232 valence electrons. The standard InChI is InChI=1S/C36H54N2O4/c1-3-5-7-9-11-13-15-17-19-33(35(39)40)29-21-25-31(26-22-29)37-38-32-27-23-30(24-28-32)34(36(41)42)20-18-16-14-12-10-8-6-4-2/h21-28,33-34H,3-20H2,1-2H3,(H,39,40)(H,41,42). The molecular weight excluding hydrogens is 524 g/mol. The summed E-state index contributed by atoms with van der Waals surface area (Å²) in [4.78, 5) is 23.8. The van der Waals surface area contributed by atoms with Crippen molar-refractivity contribution >= 4 is 23.3 Å². The molecule has 0 saturated heterocycles. The molecule has 0 aliphatic rings. The number of azo groups is 1. The predicted octanol–water partition coefficient (Wildman–Crippen LogP) is 11.5. The summed E-state index contributed by atoms with van der Waals surface area (Å²) < 4.78 is 0. The number of unbranched alkanes of at least 4 members (excludes halogenated alkanes) is 14. The molecular formula is C36H54N2O4. The van der Waals surface area contributed by atoms with E-state index in [0.29, 0.717) is 24.2 Å². The summed E-state index contributed by atoms with van der Waals surface area (Å²) in [5, 5.41) is 28.2. The smallest absolute Gasteiger partial charge is 0.310 e. The first kappa shape index (κ1) is 35.2. The number of hydrogen-bond donors (Lipinski definition) is 2. The Morgan fingerprint density at radius 2 is 0.786 bits per heavy atom. The molecule has 2 aromatic carbocycles. The Kier molecular flexibility index (Phi) is 18.1. The van der Waals surface area contributed by atoms with Crippen LogP contribution in [0.2, 0.25) is 0 Å². The number of hydrogen-bond acceptors (Lipinski definition) is 4. The molecule has 0 heterocycles. The first-order valence-corrected chi connectivity index (χ1v) is 16.5. The van der Waals surface area contributed by atoms with E-state index in [9.17, 15) is 19.8 Å². The maximum Gasteiger partial charge on any atom is 0.310 e. The molecule has 0 radical (unpaired) electrons. The van der Waals surface area contributed by atoms with Gasteiger partial charge < -0.3 is 10.2 Å². The molecule has 0 aromatic heterocycles. The number of carboxylic acid groups (broad SMARTS) is 2. The lowest BCUT2D eigenvalue weighted by atomic mass is 9.92. The van der Waals surface area contributed by atoms with Crippen molar-refractivity contribution in [2.45, 2.75) is 141 Å². The van der Waals surface area contributed by atoms with E-state index in [0.717, 1.165) is 36.8 Å². The highest BCUT2D eigenvalue weighted by Crippen LogP contribution is 2.28. The van der Waals surface area contributed by atoms with Crippen LogP contribution in [0.4, 0.5) is 11.4 Å². The van der Waals surface area contributed by atoms with Gasteiger partial charge in [-0.05, 0) is 48.2 Å². The molecule has 0 aliphatic heterocycles. The van der Waals surface area contributed by atoms with Crippen molar-refractivity contribution in [2.24, 2.45) is 10.2 Å².